The fourth-order valence-electron chi connectivity index (χ4n) is 1.45. The number of hydrogen-bond donors (Lipinski definition) is 3. The van der Waals surface area contributed by atoms with Gasteiger partial charge in [-0.25, -0.2) is 9.66 Å². The molecule has 74 valence electrons. The molecule has 0 bridgehead atoms. The molecule has 0 fully saturated rings. The lowest BCUT2D eigenvalue weighted by molar-refractivity contribution is -0.125. The van der Waals surface area contributed by atoms with Crippen LogP contribution >= 0.6 is 0 Å². The van der Waals surface area contributed by atoms with E-state index in [9.17, 15) is 9.59 Å². The van der Waals surface area contributed by atoms with Crippen LogP contribution in [0.15, 0.2) is 6.20 Å². The summed E-state index contributed by atoms with van der Waals surface area (Å²) in [6.45, 7) is 0. The standard InChI is InChI=1S/C7H9N5O2/c8-6(14)3-1-5(13)11-12-4(3)2-10-7(12)9/h2-3H,1H2,(H2,8,14)(H2,9,10)(H,11,13). The minimum atomic E-state index is -0.645. The summed E-state index contributed by atoms with van der Waals surface area (Å²) in [5.74, 6) is -1.36. The zero-order chi connectivity index (χ0) is 10.3. The van der Waals surface area contributed by atoms with Crippen LogP contribution in [-0.4, -0.2) is 21.5 Å². The lowest BCUT2D eigenvalue weighted by Crippen LogP contribution is -2.37. The third-order valence-electron chi connectivity index (χ3n) is 2.14. The number of imidazole rings is 1. The van der Waals surface area contributed by atoms with Crippen molar-refractivity contribution in [2.75, 3.05) is 11.2 Å². The fraction of sp³-hybridized carbons (Fsp3) is 0.286. The van der Waals surface area contributed by atoms with Gasteiger partial charge in [-0.05, 0) is 0 Å². The van der Waals surface area contributed by atoms with E-state index in [2.05, 4.69) is 10.4 Å². The Labute approximate surface area is 79.0 Å². The molecular formula is C7H9N5O2. The Bertz CT molecular complexity index is 410. The van der Waals surface area contributed by atoms with Crippen molar-refractivity contribution in [1.29, 1.82) is 0 Å². The Hall–Kier alpha value is -2.05. The number of hydrogen-bond acceptors (Lipinski definition) is 4. The number of aromatic nitrogens is 2. The van der Waals surface area contributed by atoms with E-state index in [1.807, 2.05) is 0 Å². The number of anilines is 1. The summed E-state index contributed by atoms with van der Waals surface area (Å²) in [4.78, 5) is 26.0. The van der Waals surface area contributed by atoms with Gasteiger partial charge in [0.2, 0.25) is 17.8 Å². The molecule has 0 aliphatic carbocycles. The Morgan fingerprint density at radius 3 is 3.07 bits per heavy atom. The molecule has 2 rings (SSSR count). The van der Waals surface area contributed by atoms with Crippen LogP contribution in [0.1, 0.15) is 18.0 Å². The Kier molecular flexibility index (Phi) is 1.66. The average molecular weight is 195 g/mol. The zero-order valence-electron chi connectivity index (χ0n) is 7.23. The predicted molar refractivity (Wildman–Crippen MR) is 47.6 cm³/mol. The molecule has 2 amide bonds. The van der Waals surface area contributed by atoms with E-state index in [1.165, 1.54) is 10.9 Å². The number of nitrogen functional groups attached to an aromatic ring is 1. The highest BCUT2D eigenvalue weighted by atomic mass is 16.2. The maximum Gasteiger partial charge on any atom is 0.240 e. The van der Waals surface area contributed by atoms with Gasteiger partial charge in [0.1, 0.15) is 0 Å². The van der Waals surface area contributed by atoms with Crippen LogP contribution in [0.4, 0.5) is 5.95 Å². The lowest BCUT2D eigenvalue weighted by atomic mass is 10.00. The van der Waals surface area contributed by atoms with Gasteiger partial charge in [-0.3, -0.25) is 15.0 Å². The summed E-state index contributed by atoms with van der Waals surface area (Å²) in [5.41, 5.74) is 13.6. The van der Waals surface area contributed by atoms with Crippen molar-refractivity contribution in [2.24, 2.45) is 5.73 Å². The van der Waals surface area contributed by atoms with E-state index in [0.29, 0.717) is 5.69 Å². The van der Waals surface area contributed by atoms with E-state index in [-0.39, 0.29) is 18.3 Å². The van der Waals surface area contributed by atoms with Crippen molar-refractivity contribution in [3.8, 4) is 0 Å². The van der Waals surface area contributed by atoms with Gasteiger partial charge >= 0.3 is 0 Å². The molecule has 7 heteroatoms. The molecular weight excluding hydrogens is 186 g/mol. The first-order valence-electron chi connectivity index (χ1n) is 4.02. The van der Waals surface area contributed by atoms with Gasteiger partial charge < -0.3 is 11.5 Å². The van der Waals surface area contributed by atoms with E-state index >= 15 is 0 Å². The van der Waals surface area contributed by atoms with Crippen molar-refractivity contribution in [1.82, 2.24) is 9.66 Å². The number of fused-ring (bicyclic) bond motifs is 1. The Balaban J connectivity index is 2.49. The molecule has 1 aliphatic heterocycles. The van der Waals surface area contributed by atoms with Crippen molar-refractivity contribution in [2.45, 2.75) is 12.3 Å². The number of nitrogens with zero attached hydrogens (tertiary/aromatic N) is 2. The van der Waals surface area contributed by atoms with Gasteiger partial charge in [-0.15, -0.1) is 0 Å². The van der Waals surface area contributed by atoms with Crippen LogP contribution in [0.5, 0.6) is 0 Å². The number of carbonyl (C=O) groups is 2. The Morgan fingerprint density at radius 2 is 2.43 bits per heavy atom. The summed E-state index contributed by atoms with van der Waals surface area (Å²) >= 11 is 0. The maximum absolute atomic E-state index is 11.2. The van der Waals surface area contributed by atoms with Crippen molar-refractivity contribution >= 4 is 17.8 Å². The normalized spacial score (nSPS) is 20.0. The first kappa shape index (κ1) is 8.54. The molecule has 1 aromatic rings. The van der Waals surface area contributed by atoms with E-state index in [0.717, 1.165) is 0 Å². The maximum atomic E-state index is 11.2. The summed E-state index contributed by atoms with van der Waals surface area (Å²) in [5, 5.41) is 0. The SMILES string of the molecule is NC(=O)C1CC(=O)Nn2c1cnc2N. The van der Waals surface area contributed by atoms with E-state index in [1.54, 1.807) is 0 Å². The van der Waals surface area contributed by atoms with E-state index in [4.69, 9.17) is 11.5 Å². The summed E-state index contributed by atoms with van der Waals surface area (Å²) in [6, 6.07) is 0. The average Bonchev–Trinajstić information content (AvgIpc) is 2.47. The number of carbonyl (C=O) groups excluding carboxylic acids is 2. The monoisotopic (exact) mass is 195 g/mol. The molecule has 0 saturated carbocycles. The summed E-state index contributed by atoms with van der Waals surface area (Å²) < 4.78 is 1.28. The number of primary amides is 1. The Morgan fingerprint density at radius 1 is 1.71 bits per heavy atom. The van der Waals surface area contributed by atoms with Crippen molar-refractivity contribution in [3.63, 3.8) is 0 Å². The van der Waals surface area contributed by atoms with Crippen LogP contribution in [0.25, 0.3) is 0 Å². The highest BCUT2D eigenvalue weighted by Crippen LogP contribution is 2.24. The molecule has 0 radical (unpaired) electrons. The molecule has 1 aliphatic rings. The lowest BCUT2D eigenvalue weighted by Gasteiger charge is -2.22. The molecule has 1 atom stereocenters. The predicted octanol–water partition coefficient (Wildman–Crippen LogP) is -1.49. The van der Waals surface area contributed by atoms with Gasteiger partial charge in [0, 0.05) is 6.42 Å². The summed E-state index contributed by atoms with van der Waals surface area (Å²) in [7, 11) is 0. The zero-order valence-corrected chi connectivity index (χ0v) is 7.23. The topological polar surface area (TPSA) is 116 Å². The summed E-state index contributed by atoms with van der Waals surface area (Å²) in [6.07, 6.45) is 1.48. The smallest absolute Gasteiger partial charge is 0.240 e. The molecule has 0 aromatic carbocycles. The highest BCUT2D eigenvalue weighted by Gasteiger charge is 2.30. The molecule has 1 aromatic heterocycles. The van der Waals surface area contributed by atoms with Crippen LogP contribution in [-0.2, 0) is 9.59 Å². The van der Waals surface area contributed by atoms with Crippen molar-refractivity contribution in [3.05, 3.63) is 11.9 Å². The first-order valence-corrected chi connectivity index (χ1v) is 4.02. The third kappa shape index (κ3) is 1.10. The third-order valence-corrected chi connectivity index (χ3v) is 2.14. The quantitative estimate of drug-likeness (QED) is 0.506. The van der Waals surface area contributed by atoms with E-state index < -0.39 is 11.8 Å². The van der Waals surface area contributed by atoms with Gasteiger partial charge in [-0.2, -0.15) is 0 Å². The first-order chi connectivity index (χ1) is 6.59. The minimum absolute atomic E-state index is 0.0421. The molecule has 0 saturated heterocycles. The second kappa shape index (κ2) is 2.72. The number of rotatable bonds is 1. The molecule has 0 spiro atoms. The van der Waals surface area contributed by atoms with Crippen LogP contribution in [0, 0.1) is 0 Å². The number of amides is 2. The second-order valence-corrected chi connectivity index (χ2v) is 3.07. The van der Waals surface area contributed by atoms with Gasteiger partial charge in [-0.1, -0.05) is 0 Å². The van der Waals surface area contributed by atoms with Gasteiger partial charge in [0.05, 0.1) is 17.8 Å². The minimum Gasteiger partial charge on any atom is -0.369 e. The van der Waals surface area contributed by atoms with Crippen molar-refractivity contribution < 1.29 is 9.59 Å². The molecule has 1 unspecified atom stereocenters. The largest absolute Gasteiger partial charge is 0.369 e. The van der Waals surface area contributed by atoms with Gasteiger partial charge in [0.15, 0.2) is 0 Å². The number of nitrogens with one attached hydrogen (secondary N) is 1. The highest BCUT2D eigenvalue weighted by molar-refractivity contribution is 5.93. The van der Waals surface area contributed by atoms with Crippen LogP contribution in [0.2, 0.25) is 0 Å². The molecule has 5 N–H and O–H groups in total. The second-order valence-electron chi connectivity index (χ2n) is 3.07. The molecule has 2 heterocycles. The fourth-order valence-corrected chi connectivity index (χ4v) is 1.45. The molecule has 14 heavy (non-hydrogen) atoms. The molecule has 7 nitrogen and oxygen atoms in total. The van der Waals surface area contributed by atoms with Crippen LogP contribution < -0.4 is 16.9 Å². The number of nitrogens with two attached hydrogens (primary N) is 2. The van der Waals surface area contributed by atoms with Gasteiger partial charge in [0.25, 0.3) is 0 Å². The van der Waals surface area contributed by atoms with Crippen LogP contribution in [0.3, 0.4) is 0 Å².